The van der Waals surface area contributed by atoms with Gasteiger partial charge >= 0.3 is 0 Å². The highest BCUT2D eigenvalue weighted by Crippen LogP contribution is 2.46. The molecule has 5 aromatic rings. The maximum absolute atomic E-state index is 14.4. The van der Waals surface area contributed by atoms with Gasteiger partial charge in [-0.3, -0.25) is 14.2 Å². The van der Waals surface area contributed by atoms with Crippen LogP contribution < -0.4 is 11.1 Å². The Morgan fingerprint density at radius 1 is 1.14 bits per heavy atom. The number of thiophene rings is 1. The van der Waals surface area contributed by atoms with Crippen LogP contribution in [-0.2, 0) is 6.54 Å². The van der Waals surface area contributed by atoms with E-state index in [1.165, 1.54) is 29.0 Å². The quantitative estimate of drug-likeness (QED) is 0.332. The molecule has 1 saturated carbocycles. The van der Waals surface area contributed by atoms with Gasteiger partial charge in [0.15, 0.2) is 17.4 Å². The Labute approximate surface area is 205 Å². The van der Waals surface area contributed by atoms with Crippen molar-refractivity contribution in [2.45, 2.75) is 25.3 Å². The van der Waals surface area contributed by atoms with E-state index in [0.717, 1.165) is 30.2 Å². The molecule has 2 aromatic carbocycles. The smallest absolute Gasteiger partial charge is 0.263 e. The van der Waals surface area contributed by atoms with Crippen LogP contribution in [0.3, 0.4) is 0 Å². The lowest BCUT2D eigenvalue weighted by atomic mass is 10.0. The van der Waals surface area contributed by atoms with Crippen molar-refractivity contribution < 1.29 is 13.9 Å². The fourth-order valence-corrected chi connectivity index (χ4v) is 5.67. The Balaban J connectivity index is 1.70. The van der Waals surface area contributed by atoms with Crippen molar-refractivity contribution in [3.05, 3.63) is 91.1 Å². The Morgan fingerprint density at radius 2 is 1.91 bits per heavy atom. The van der Waals surface area contributed by atoms with Gasteiger partial charge in [0.25, 0.3) is 5.56 Å². The fourth-order valence-electron chi connectivity index (χ4n) is 4.35. The Morgan fingerprint density at radius 3 is 2.63 bits per heavy atom. The van der Waals surface area contributed by atoms with Gasteiger partial charge in [0.05, 0.1) is 21.7 Å². The number of aromatic nitrogens is 3. The predicted octanol–water partition coefficient (Wildman–Crippen LogP) is 5.53. The molecule has 0 amide bonds. The van der Waals surface area contributed by atoms with E-state index in [4.69, 9.17) is 16.6 Å². The molecule has 0 bridgehead atoms. The zero-order valence-electron chi connectivity index (χ0n) is 17.9. The molecule has 35 heavy (non-hydrogen) atoms. The van der Waals surface area contributed by atoms with E-state index in [1.807, 2.05) is 0 Å². The minimum atomic E-state index is -1.03. The summed E-state index contributed by atoms with van der Waals surface area (Å²) in [4.78, 5) is 33.1. The summed E-state index contributed by atoms with van der Waals surface area (Å²) < 4.78 is 30.4. The maximum Gasteiger partial charge on any atom is 0.263 e. The van der Waals surface area contributed by atoms with Crippen molar-refractivity contribution in [3.8, 4) is 17.1 Å². The summed E-state index contributed by atoms with van der Waals surface area (Å²) in [5, 5.41) is 11.4. The highest BCUT2D eigenvalue weighted by molar-refractivity contribution is 7.25. The van der Waals surface area contributed by atoms with Crippen LogP contribution in [0.1, 0.15) is 29.9 Å². The van der Waals surface area contributed by atoms with Crippen LogP contribution in [0.5, 0.6) is 5.75 Å². The molecule has 0 unspecified atom stereocenters. The molecule has 0 saturated heterocycles. The first-order valence-electron chi connectivity index (χ1n) is 10.8. The van der Waals surface area contributed by atoms with E-state index >= 15 is 0 Å². The number of aromatic hydroxyl groups is 1. The van der Waals surface area contributed by atoms with E-state index in [2.05, 4.69) is 4.98 Å². The number of phenols is 1. The van der Waals surface area contributed by atoms with Crippen molar-refractivity contribution in [1.29, 1.82) is 0 Å². The van der Waals surface area contributed by atoms with Gasteiger partial charge in [0.2, 0.25) is 5.56 Å². The Kier molecular flexibility index (Phi) is 5.01. The second-order valence-electron chi connectivity index (χ2n) is 8.57. The molecule has 0 aliphatic heterocycles. The second kappa shape index (κ2) is 8.00. The molecule has 3 heterocycles. The lowest BCUT2D eigenvalue weighted by molar-refractivity contribution is 0.483. The number of H-pyrrole nitrogens is 1. The average Bonchev–Trinajstić information content (AvgIpc) is 3.61. The zero-order chi connectivity index (χ0) is 24.4. The minimum Gasteiger partial charge on any atom is -0.505 e. The van der Waals surface area contributed by atoms with Crippen molar-refractivity contribution >= 4 is 43.2 Å². The third kappa shape index (κ3) is 3.62. The van der Waals surface area contributed by atoms with Crippen LogP contribution in [0.15, 0.2) is 52.2 Å². The van der Waals surface area contributed by atoms with Gasteiger partial charge in [0, 0.05) is 23.2 Å². The van der Waals surface area contributed by atoms with Crippen LogP contribution in [0.4, 0.5) is 8.78 Å². The first kappa shape index (κ1) is 21.9. The molecular formula is C25H16ClF2N3O3S. The molecule has 6 nitrogen and oxygen atoms in total. The molecular weight excluding hydrogens is 496 g/mol. The van der Waals surface area contributed by atoms with Crippen molar-refractivity contribution in [2.75, 3.05) is 0 Å². The number of fused-ring (bicyclic) bond motifs is 3. The monoisotopic (exact) mass is 511 g/mol. The summed E-state index contributed by atoms with van der Waals surface area (Å²) >= 11 is 7.18. The maximum atomic E-state index is 14.4. The van der Waals surface area contributed by atoms with Crippen LogP contribution in [0, 0.1) is 11.6 Å². The predicted molar refractivity (Wildman–Crippen MR) is 132 cm³/mol. The number of pyridine rings is 1. The Bertz CT molecular complexity index is 1770. The summed E-state index contributed by atoms with van der Waals surface area (Å²) in [6.07, 6.45) is 3.16. The van der Waals surface area contributed by atoms with Crippen molar-refractivity contribution in [1.82, 2.24) is 14.5 Å². The SMILES string of the molecule is O=c1ccc(Cn2c(-c3cc(F)c(F)cc3C3CC3)nc3sc4c(O)c(Cl)ccc4c3c2=O)c[nH]1. The summed E-state index contributed by atoms with van der Waals surface area (Å²) in [5.41, 5.74) is 0.861. The fraction of sp³-hybridized carbons (Fsp3) is 0.160. The highest BCUT2D eigenvalue weighted by atomic mass is 35.5. The number of phenolic OH excluding ortho intramolecular Hbond substituents is 1. The minimum absolute atomic E-state index is 0.0356. The van der Waals surface area contributed by atoms with Crippen LogP contribution in [0.25, 0.3) is 31.7 Å². The van der Waals surface area contributed by atoms with E-state index in [0.29, 0.717) is 37.0 Å². The summed E-state index contributed by atoms with van der Waals surface area (Å²) in [6, 6.07) is 8.35. The number of nitrogens with zero attached hydrogens (tertiary/aromatic N) is 2. The van der Waals surface area contributed by atoms with E-state index in [-0.39, 0.29) is 34.6 Å². The van der Waals surface area contributed by atoms with Crippen molar-refractivity contribution in [3.63, 3.8) is 0 Å². The molecule has 0 radical (unpaired) electrons. The Hall–Kier alpha value is -3.56. The lowest BCUT2D eigenvalue weighted by Gasteiger charge is -2.16. The van der Waals surface area contributed by atoms with Crippen LogP contribution in [0.2, 0.25) is 5.02 Å². The van der Waals surface area contributed by atoms with Gasteiger partial charge in [-0.1, -0.05) is 23.7 Å². The van der Waals surface area contributed by atoms with E-state index in [9.17, 15) is 23.5 Å². The molecule has 0 spiro atoms. The molecule has 10 heteroatoms. The van der Waals surface area contributed by atoms with Crippen molar-refractivity contribution in [2.24, 2.45) is 0 Å². The first-order valence-corrected chi connectivity index (χ1v) is 12.0. The standard InChI is InChI=1S/C25H16ClF2N3O3S/c26-16-5-4-13-20-24(35-22(13)21(16)33)30-23(15-8-18(28)17(27)7-14(15)12-2-3-12)31(25(20)34)10-11-1-6-19(32)29-9-11/h1,4-9,12,33H,2-3,10H2,(H,29,32). The van der Waals surface area contributed by atoms with Gasteiger partial charge in [0.1, 0.15) is 10.7 Å². The van der Waals surface area contributed by atoms with Gasteiger partial charge in [-0.05, 0) is 48.1 Å². The van der Waals surface area contributed by atoms with Crippen LogP contribution in [-0.4, -0.2) is 19.6 Å². The number of halogens is 3. The van der Waals surface area contributed by atoms with E-state index in [1.54, 1.807) is 12.1 Å². The molecule has 176 valence electrons. The summed E-state index contributed by atoms with van der Waals surface area (Å²) in [6.45, 7) is 0.0356. The second-order valence-corrected chi connectivity index (χ2v) is 9.98. The molecule has 2 N–H and O–H groups in total. The number of rotatable bonds is 4. The third-order valence-corrected chi connectivity index (χ3v) is 7.64. The third-order valence-electron chi connectivity index (χ3n) is 6.23. The number of aromatic amines is 1. The van der Waals surface area contributed by atoms with Gasteiger partial charge in [-0.15, -0.1) is 11.3 Å². The molecule has 1 aliphatic rings. The summed E-state index contributed by atoms with van der Waals surface area (Å²) in [7, 11) is 0. The normalized spacial score (nSPS) is 13.7. The van der Waals surface area contributed by atoms with Crippen LogP contribution >= 0.6 is 22.9 Å². The summed E-state index contributed by atoms with van der Waals surface area (Å²) in [5.74, 6) is -1.89. The molecule has 1 fully saturated rings. The van der Waals surface area contributed by atoms with Gasteiger partial charge in [-0.25, -0.2) is 13.8 Å². The van der Waals surface area contributed by atoms with Gasteiger partial charge in [-0.2, -0.15) is 0 Å². The number of nitrogens with one attached hydrogen (secondary N) is 1. The number of hydrogen-bond acceptors (Lipinski definition) is 5. The molecule has 3 aromatic heterocycles. The topological polar surface area (TPSA) is 88.0 Å². The molecule has 1 aliphatic carbocycles. The average molecular weight is 512 g/mol. The largest absolute Gasteiger partial charge is 0.505 e. The highest BCUT2D eigenvalue weighted by Gasteiger charge is 2.30. The van der Waals surface area contributed by atoms with E-state index < -0.39 is 17.2 Å². The lowest BCUT2D eigenvalue weighted by Crippen LogP contribution is -2.24. The molecule has 0 atom stereocenters. The number of hydrogen-bond donors (Lipinski definition) is 2. The zero-order valence-corrected chi connectivity index (χ0v) is 19.5. The van der Waals surface area contributed by atoms with Gasteiger partial charge < -0.3 is 10.1 Å². The molecule has 6 rings (SSSR count). The number of benzene rings is 2. The first-order chi connectivity index (χ1) is 16.8.